The second-order valence-electron chi connectivity index (χ2n) is 6.06. The number of aromatic nitrogens is 1. The maximum Gasteiger partial charge on any atom is 0.310 e. The second-order valence-corrected chi connectivity index (χ2v) is 6.06. The molecule has 1 amide bonds. The summed E-state index contributed by atoms with van der Waals surface area (Å²) in [5.74, 6) is -1.28. The van der Waals surface area contributed by atoms with E-state index in [1.165, 1.54) is 9.58 Å². The normalized spacial score (nSPS) is 14.8. The zero-order chi connectivity index (χ0) is 19.3. The van der Waals surface area contributed by atoms with Crippen LogP contribution in [0.4, 0.5) is 4.39 Å². The predicted octanol–water partition coefficient (Wildman–Crippen LogP) is 1.51. The summed E-state index contributed by atoms with van der Waals surface area (Å²) in [5.41, 5.74) is 4.06. The average molecular weight is 365 g/mol. The fourth-order valence-corrected chi connectivity index (χ4v) is 2.81. The molecule has 1 aromatic heterocycles. The van der Waals surface area contributed by atoms with Crippen LogP contribution in [-0.4, -0.2) is 34.6 Å². The molecule has 26 heavy (non-hydrogen) atoms. The third-order valence-corrected chi connectivity index (χ3v) is 4.28. The number of carbonyl (C=O) groups is 2. The van der Waals surface area contributed by atoms with Crippen LogP contribution in [0, 0.1) is 5.82 Å². The summed E-state index contributed by atoms with van der Waals surface area (Å²) in [4.78, 5) is 36.5. The van der Waals surface area contributed by atoms with Crippen LogP contribution in [0.15, 0.2) is 28.2 Å². The van der Waals surface area contributed by atoms with E-state index in [-0.39, 0.29) is 36.6 Å². The van der Waals surface area contributed by atoms with Gasteiger partial charge in [-0.25, -0.2) is 9.82 Å². The van der Waals surface area contributed by atoms with Crippen molar-refractivity contribution in [3.05, 3.63) is 45.1 Å². The first-order valence-corrected chi connectivity index (χ1v) is 8.65. The molecule has 7 nitrogen and oxygen atoms in total. The number of amides is 1. The van der Waals surface area contributed by atoms with Gasteiger partial charge in [0, 0.05) is 37.0 Å². The van der Waals surface area contributed by atoms with Crippen molar-refractivity contribution in [3.8, 4) is 0 Å². The second kappa shape index (κ2) is 8.75. The highest BCUT2D eigenvalue weighted by atomic mass is 19.1. The Labute approximate surface area is 151 Å². The molecular weight excluding hydrogens is 341 g/mol. The molecule has 0 spiro atoms. The quantitative estimate of drug-likeness (QED) is 0.741. The number of pyridine rings is 1. The molecule has 0 unspecified atom stereocenters. The van der Waals surface area contributed by atoms with Gasteiger partial charge in [-0.2, -0.15) is 0 Å². The Hall–Kier alpha value is -2.48. The fraction of sp³-hybridized carbons (Fsp3) is 0.500. The topological polar surface area (TPSA) is 80.6 Å². The van der Waals surface area contributed by atoms with Gasteiger partial charge in [-0.15, -0.1) is 0 Å². The van der Waals surface area contributed by atoms with Crippen molar-refractivity contribution in [1.82, 2.24) is 15.0 Å². The number of hydrogen-bond donors (Lipinski definition) is 1. The Morgan fingerprint density at radius 2 is 2.08 bits per heavy atom. The van der Waals surface area contributed by atoms with Crippen LogP contribution in [0.3, 0.4) is 0 Å². The molecule has 142 valence electrons. The monoisotopic (exact) mass is 365 g/mol. The minimum absolute atomic E-state index is 0.0219. The Balaban J connectivity index is 2.10. The zero-order valence-electron chi connectivity index (χ0n) is 15.3. The molecular formula is C18H24FN3O4. The van der Waals surface area contributed by atoms with Crippen LogP contribution in [0.1, 0.15) is 39.2 Å². The van der Waals surface area contributed by atoms with Crippen molar-refractivity contribution in [2.45, 2.75) is 46.7 Å². The van der Waals surface area contributed by atoms with Crippen molar-refractivity contribution in [3.63, 3.8) is 0 Å². The summed E-state index contributed by atoms with van der Waals surface area (Å²) < 4.78 is 19.8. The van der Waals surface area contributed by atoms with Gasteiger partial charge in [0.1, 0.15) is 5.82 Å². The summed E-state index contributed by atoms with van der Waals surface area (Å²) in [5, 5.41) is 1.36. The molecule has 1 aromatic rings. The molecule has 0 bridgehead atoms. The molecule has 2 rings (SSSR count). The molecule has 1 aliphatic rings. The van der Waals surface area contributed by atoms with E-state index in [0.29, 0.717) is 25.1 Å². The van der Waals surface area contributed by atoms with Gasteiger partial charge in [0.25, 0.3) is 11.5 Å². The largest absolute Gasteiger partial charge is 0.466 e. The maximum absolute atomic E-state index is 13.6. The molecule has 0 fully saturated rings. The summed E-state index contributed by atoms with van der Waals surface area (Å²) in [6.45, 7) is 6.32. The minimum Gasteiger partial charge on any atom is -0.466 e. The van der Waals surface area contributed by atoms with E-state index >= 15 is 0 Å². The van der Waals surface area contributed by atoms with E-state index in [1.807, 2.05) is 6.92 Å². The number of aryl methyl sites for hydroxylation is 1. The predicted molar refractivity (Wildman–Crippen MR) is 93.5 cm³/mol. The van der Waals surface area contributed by atoms with E-state index in [9.17, 15) is 18.8 Å². The molecule has 1 N–H and O–H groups in total. The van der Waals surface area contributed by atoms with Crippen LogP contribution < -0.4 is 11.0 Å². The number of rotatable bonds is 7. The number of halogens is 1. The number of nitrogens with zero attached hydrogens (tertiary/aromatic N) is 2. The van der Waals surface area contributed by atoms with Gasteiger partial charge in [-0.3, -0.25) is 19.4 Å². The smallest absolute Gasteiger partial charge is 0.310 e. The van der Waals surface area contributed by atoms with Gasteiger partial charge in [-0.05, 0) is 33.3 Å². The Morgan fingerprint density at radius 3 is 2.73 bits per heavy atom. The first-order valence-electron chi connectivity index (χ1n) is 8.65. The molecule has 0 aliphatic carbocycles. The third kappa shape index (κ3) is 4.57. The number of nitrogens with one attached hydrogen (secondary N) is 1. The van der Waals surface area contributed by atoms with Gasteiger partial charge in [0.15, 0.2) is 0 Å². The standard InChI is InChI=1S/C18H24FN3O4/c1-4-21-11-14(19)8-13(17(21)24)10-20-22-7-6-12(3)15(18(22)25)9-16(23)26-5-2/h8,11,20H,4-7,9-10H2,1-3H3. The lowest BCUT2D eigenvalue weighted by Gasteiger charge is -2.29. The van der Waals surface area contributed by atoms with Gasteiger partial charge >= 0.3 is 5.97 Å². The lowest BCUT2D eigenvalue weighted by atomic mass is 9.99. The first kappa shape index (κ1) is 19.8. The Morgan fingerprint density at radius 1 is 1.35 bits per heavy atom. The highest BCUT2D eigenvalue weighted by Gasteiger charge is 2.27. The number of ether oxygens (including phenoxy) is 1. The molecule has 0 saturated carbocycles. The maximum atomic E-state index is 13.6. The molecule has 0 radical (unpaired) electrons. The van der Waals surface area contributed by atoms with E-state index in [0.717, 1.165) is 17.8 Å². The van der Waals surface area contributed by atoms with Gasteiger partial charge < -0.3 is 9.30 Å². The van der Waals surface area contributed by atoms with Crippen molar-refractivity contribution >= 4 is 11.9 Å². The van der Waals surface area contributed by atoms with Crippen LogP contribution in [0.25, 0.3) is 0 Å². The molecule has 8 heteroatoms. The van der Waals surface area contributed by atoms with Crippen LogP contribution in [0.5, 0.6) is 0 Å². The van der Waals surface area contributed by atoms with Crippen LogP contribution in [0.2, 0.25) is 0 Å². The van der Waals surface area contributed by atoms with E-state index in [2.05, 4.69) is 5.43 Å². The van der Waals surface area contributed by atoms with E-state index < -0.39 is 11.8 Å². The summed E-state index contributed by atoms with van der Waals surface area (Å²) in [6, 6.07) is 1.16. The Bertz CT molecular complexity index is 785. The SMILES string of the molecule is CCOC(=O)CC1=C(C)CCN(NCc2cc(F)cn(CC)c2=O)C1=O. The highest BCUT2D eigenvalue weighted by Crippen LogP contribution is 2.21. The number of hydrazine groups is 1. The number of esters is 1. The summed E-state index contributed by atoms with van der Waals surface area (Å²) in [7, 11) is 0. The van der Waals surface area contributed by atoms with Crippen molar-refractivity contribution in [2.75, 3.05) is 13.2 Å². The summed E-state index contributed by atoms with van der Waals surface area (Å²) in [6.07, 6.45) is 1.68. The summed E-state index contributed by atoms with van der Waals surface area (Å²) >= 11 is 0. The first-order chi connectivity index (χ1) is 12.4. The molecule has 1 aliphatic heterocycles. The van der Waals surface area contributed by atoms with Crippen LogP contribution >= 0.6 is 0 Å². The number of carbonyl (C=O) groups excluding carboxylic acids is 2. The van der Waals surface area contributed by atoms with Crippen molar-refractivity contribution in [2.24, 2.45) is 0 Å². The zero-order valence-corrected chi connectivity index (χ0v) is 15.3. The molecule has 2 heterocycles. The van der Waals surface area contributed by atoms with Crippen molar-refractivity contribution < 1.29 is 18.7 Å². The fourth-order valence-electron chi connectivity index (χ4n) is 2.81. The van der Waals surface area contributed by atoms with Gasteiger partial charge in [0.2, 0.25) is 0 Å². The van der Waals surface area contributed by atoms with E-state index in [4.69, 9.17) is 4.74 Å². The van der Waals surface area contributed by atoms with Gasteiger partial charge in [-0.1, -0.05) is 5.57 Å². The van der Waals surface area contributed by atoms with E-state index in [1.54, 1.807) is 13.8 Å². The minimum atomic E-state index is -0.507. The lowest BCUT2D eigenvalue weighted by Crippen LogP contribution is -2.47. The average Bonchev–Trinajstić information content (AvgIpc) is 2.60. The van der Waals surface area contributed by atoms with Crippen molar-refractivity contribution in [1.29, 1.82) is 0 Å². The molecule has 0 atom stereocenters. The van der Waals surface area contributed by atoms with Crippen LogP contribution in [-0.2, 0) is 27.4 Å². The highest BCUT2D eigenvalue weighted by molar-refractivity contribution is 5.98. The number of hydrogen-bond acceptors (Lipinski definition) is 5. The molecule has 0 saturated heterocycles. The molecule has 0 aromatic carbocycles. The van der Waals surface area contributed by atoms with Gasteiger partial charge in [0.05, 0.1) is 13.0 Å². The lowest BCUT2D eigenvalue weighted by molar-refractivity contribution is -0.144. The third-order valence-electron chi connectivity index (χ3n) is 4.28. The Kier molecular flexibility index (Phi) is 6.68.